The fourth-order valence-corrected chi connectivity index (χ4v) is 1.64. The van der Waals surface area contributed by atoms with E-state index in [9.17, 15) is 4.79 Å². The summed E-state index contributed by atoms with van der Waals surface area (Å²) >= 11 is 0. The molecule has 0 bridgehead atoms. The van der Waals surface area contributed by atoms with E-state index in [2.05, 4.69) is 20.6 Å². The molecule has 6 heteroatoms. The molecule has 0 atom stereocenters. The minimum absolute atomic E-state index is 0.164. The van der Waals surface area contributed by atoms with Gasteiger partial charge in [0.25, 0.3) is 5.91 Å². The molecule has 0 saturated carbocycles. The minimum atomic E-state index is -0.164. The number of carbonyl (C=O) groups is 1. The highest BCUT2D eigenvalue weighted by Gasteiger charge is 2.05. The lowest BCUT2D eigenvalue weighted by molar-refractivity contribution is 0.0947. The SMILES string of the molecule is CCNc1ccc(C(=O)NCCn2ccnc2)nc1. The molecule has 0 aliphatic carbocycles. The second-order valence-electron chi connectivity index (χ2n) is 4.02. The van der Waals surface area contributed by atoms with Crippen molar-refractivity contribution in [3.63, 3.8) is 0 Å². The summed E-state index contributed by atoms with van der Waals surface area (Å²) < 4.78 is 1.90. The third-order valence-corrected chi connectivity index (χ3v) is 2.59. The number of aromatic nitrogens is 3. The molecule has 6 nitrogen and oxygen atoms in total. The minimum Gasteiger partial charge on any atom is -0.384 e. The standard InChI is InChI=1S/C13H17N5O/c1-2-15-11-3-4-12(17-9-11)13(19)16-6-8-18-7-5-14-10-18/h3-5,7,9-10,15H,2,6,8H2,1H3,(H,16,19). The van der Waals surface area contributed by atoms with E-state index >= 15 is 0 Å². The number of nitrogens with one attached hydrogen (secondary N) is 2. The molecule has 2 heterocycles. The van der Waals surface area contributed by atoms with Crippen molar-refractivity contribution < 1.29 is 4.79 Å². The summed E-state index contributed by atoms with van der Waals surface area (Å²) in [6.45, 7) is 4.09. The van der Waals surface area contributed by atoms with Gasteiger partial charge in [0, 0.05) is 32.0 Å². The summed E-state index contributed by atoms with van der Waals surface area (Å²) in [5.74, 6) is -0.164. The van der Waals surface area contributed by atoms with Crippen LogP contribution >= 0.6 is 0 Å². The number of imidazole rings is 1. The molecule has 0 saturated heterocycles. The molecule has 2 N–H and O–H groups in total. The number of nitrogens with zero attached hydrogens (tertiary/aromatic N) is 3. The fraction of sp³-hybridized carbons (Fsp3) is 0.308. The Hall–Kier alpha value is -2.37. The van der Waals surface area contributed by atoms with Crippen LogP contribution in [0.3, 0.4) is 0 Å². The van der Waals surface area contributed by atoms with Gasteiger partial charge in [0.1, 0.15) is 5.69 Å². The second kappa shape index (κ2) is 6.53. The molecule has 0 aromatic carbocycles. The Balaban J connectivity index is 1.82. The maximum Gasteiger partial charge on any atom is 0.269 e. The Kier molecular flexibility index (Phi) is 4.49. The number of hydrogen-bond acceptors (Lipinski definition) is 4. The lowest BCUT2D eigenvalue weighted by Gasteiger charge is -2.06. The highest BCUT2D eigenvalue weighted by molar-refractivity contribution is 5.92. The lowest BCUT2D eigenvalue weighted by Crippen LogP contribution is -2.27. The van der Waals surface area contributed by atoms with Crippen LogP contribution in [0.1, 0.15) is 17.4 Å². The quantitative estimate of drug-likeness (QED) is 0.816. The molecule has 2 aromatic rings. The van der Waals surface area contributed by atoms with Crippen LogP contribution in [-0.2, 0) is 6.54 Å². The van der Waals surface area contributed by atoms with E-state index in [1.807, 2.05) is 23.8 Å². The number of carbonyl (C=O) groups excluding carboxylic acids is 1. The average Bonchev–Trinajstić information content (AvgIpc) is 2.93. The van der Waals surface area contributed by atoms with Crippen molar-refractivity contribution in [2.75, 3.05) is 18.4 Å². The van der Waals surface area contributed by atoms with Gasteiger partial charge in [0.05, 0.1) is 18.2 Å². The summed E-state index contributed by atoms with van der Waals surface area (Å²) in [5, 5.41) is 5.95. The first-order valence-corrected chi connectivity index (χ1v) is 6.23. The summed E-state index contributed by atoms with van der Waals surface area (Å²) in [5.41, 5.74) is 1.34. The van der Waals surface area contributed by atoms with Gasteiger partial charge >= 0.3 is 0 Å². The van der Waals surface area contributed by atoms with Crippen molar-refractivity contribution >= 4 is 11.6 Å². The smallest absolute Gasteiger partial charge is 0.269 e. The summed E-state index contributed by atoms with van der Waals surface area (Å²) in [4.78, 5) is 19.9. The lowest BCUT2D eigenvalue weighted by atomic mass is 10.3. The van der Waals surface area contributed by atoms with Gasteiger partial charge in [0.15, 0.2) is 0 Å². The maximum absolute atomic E-state index is 11.8. The third-order valence-electron chi connectivity index (χ3n) is 2.59. The van der Waals surface area contributed by atoms with Gasteiger partial charge < -0.3 is 15.2 Å². The van der Waals surface area contributed by atoms with E-state index in [-0.39, 0.29) is 5.91 Å². The van der Waals surface area contributed by atoms with Gasteiger partial charge in [-0.1, -0.05) is 0 Å². The molecule has 100 valence electrons. The van der Waals surface area contributed by atoms with Crippen LogP contribution < -0.4 is 10.6 Å². The van der Waals surface area contributed by atoms with Crippen LogP contribution in [0.2, 0.25) is 0 Å². The molecular weight excluding hydrogens is 242 g/mol. The molecule has 2 aromatic heterocycles. The van der Waals surface area contributed by atoms with Crippen LogP contribution in [0.4, 0.5) is 5.69 Å². The van der Waals surface area contributed by atoms with Crippen molar-refractivity contribution in [1.82, 2.24) is 19.9 Å². The van der Waals surface area contributed by atoms with Crippen LogP contribution in [0, 0.1) is 0 Å². The van der Waals surface area contributed by atoms with E-state index < -0.39 is 0 Å². The molecule has 0 spiro atoms. The Bertz CT molecular complexity index is 506. The number of hydrogen-bond donors (Lipinski definition) is 2. The van der Waals surface area contributed by atoms with E-state index in [4.69, 9.17) is 0 Å². The molecule has 19 heavy (non-hydrogen) atoms. The third kappa shape index (κ3) is 3.80. The number of anilines is 1. The van der Waals surface area contributed by atoms with Crippen LogP contribution in [0.25, 0.3) is 0 Å². The summed E-state index contributed by atoms with van der Waals surface area (Å²) in [6, 6.07) is 3.56. The molecule has 0 radical (unpaired) electrons. The van der Waals surface area contributed by atoms with Crippen LogP contribution in [0.5, 0.6) is 0 Å². The molecule has 0 unspecified atom stereocenters. The van der Waals surface area contributed by atoms with Crippen molar-refractivity contribution in [2.24, 2.45) is 0 Å². The van der Waals surface area contributed by atoms with Gasteiger partial charge in [-0.2, -0.15) is 0 Å². The predicted molar refractivity (Wildman–Crippen MR) is 73.0 cm³/mol. The zero-order valence-electron chi connectivity index (χ0n) is 10.8. The number of pyridine rings is 1. The second-order valence-corrected chi connectivity index (χ2v) is 4.02. The molecule has 0 fully saturated rings. The van der Waals surface area contributed by atoms with Crippen molar-refractivity contribution in [3.05, 3.63) is 42.7 Å². The zero-order chi connectivity index (χ0) is 13.5. The first-order valence-electron chi connectivity index (χ1n) is 6.23. The highest BCUT2D eigenvalue weighted by Crippen LogP contribution is 2.05. The van der Waals surface area contributed by atoms with Gasteiger partial charge in [-0.15, -0.1) is 0 Å². The monoisotopic (exact) mass is 259 g/mol. The van der Waals surface area contributed by atoms with Crippen LogP contribution in [-0.4, -0.2) is 33.5 Å². The van der Waals surface area contributed by atoms with Crippen molar-refractivity contribution in [1.29, 1.82) is 0 Å². The first kappa shape index (κ1) is 13.1. The average molecular weight is 259 g/mol. The Morgan fingerprint density at radius 2 is 2.32 bits per heavy atom. The molecule has 2 rings (SSSR count). The topological polar surface area (TPSA) is 71.8 Å². The Morgan fingerprint density at radius 3 is 2.95 bits per heavy atom. The van der Waals surface area contributed by atoms with E-state index in [0.717, 1.165) is 12.2 Å². The van der Waals surface area contributed by atoms with Gasteiger partial charge in [-0.05, 0) is 19.1 Å². The largest absolute Gasteiger partial charge is 0.384 e. The normalized spacial score (nSPS) is 10.2. The molecule has 0 aliphatic rings. The van der Waals surface area contributed by atoms with Crippen molar-refractivity contribution in [3.8, 4) is 0 Å². The van der Waals surface area contributed by atoms with E-state index in [1.165, 1.54) is 0 Å². The number of amides is 1. The zero-order valence-corrected chi connectivity index (χ0v) is 10.8. The predicted octanol–water partition coefficient (Wildman–Crippen LogP) is 1.14. The Morgan fingerprint density at radius 1 is 1.42 bits per heavy atom. The molecule has 1 amide bonds. The first-order chi connectivity index (χ1) is 9.29. The maximum atomic E-state index is 11.8. The van der Waals surface area contributed by atoms with E-state index in [1.54, 1.807) is 24.8 Å². The highest BCUT2D eigenvalue weighted by atomic mass is 16.1. The van der Waals surface area contributed by atoms with Gasteiger partial charge in [-0.25, -0.2) is 9.97 Å². The molecule has 0 aliphatic heterocycles. The van der Waals surface area contributed by atoms with Crippen LogP contribution in [0.15, 0.2) is 37.1 Å². The molecular formula is C13H17N5O. The Labute approximate surface area is 111 Å². The fourth-order valence-electron chi connectivity index (χ4n) is 1.64. The number of rotatable bonds is 6. The summed E-state index contributed by atoms with van der Waals surface area (Å²) in [7, 11) is 0. The van der Waals surface area contributed by atoms with Crippen molar-refractivity contribution in [2.45, 2.75) is 13.5 Å². The van der Waals surface area contributed by atoms with Gasteiger partial charge in [-0.3, -0.25) is 4.79 Å². The van der Waals surface area contributed by atoms with E-state index in [0.29, 0.717) is 18.8 Å². The van der Waals surface area contributed by atoms with Gasteiger partial charge in [0.2, 0.25) is 0 Å². The summed E-state index contributed by atoms with van der Waals surface area (Å²) in [6.07, 6.45) is 6.95.